The Morgan fingerprint density at radius 3 is 2.55 bits per heavy atom. The minimum absolute atomic E-state index is 0.357. The lowest BCUT2D eigenvalue weighted by Gasteiger charge is -2.12. The first-order valence-electron chi connectivity index (χ1n) is 7.83. The fraction of sp³-hybridized carbons (Fsp3) is 0.667. The lowest BCUT2D eigenvalue weighted by molar-refractivity contribution is 0.646. The third-order valence-electron chi connectivity index (χ3n) is 4.72. The van der Waals surface area contributed by atoms with Crippen molar-refractivity contribution in [3.05, 3.63) is 17.1 Å². The molecule has 2 saturated carbocycles. The Morgan fingerprint density at radius 2 is 1.90 bits per heavy atom. The third kappa shape index (κ3) is 1.79. The van der Waals surface area contributed by atoms with Crippen molar-refractivity contribution in [2.45, 2.75) is 63.8 Å². The smallest absolute Gasteiger partial charge is 0.223 e. The number of aromatic nitrogens is 4. The van der Waals surface area contributed by atoms with Crippen LogP contribution in [-0.4, -0.2) is 19.5 Å². The first-order valence-corrected chi connectivity index (χ1v) is 7.83. The first kappa shape index (κ1) is 12.1. The molecule has 2 aliphatic rings. The monoisotopic (exact) mass is 271 g/mol. The van der Waals surface area contributed by atoms with Crippen LogP contribution in [0.1, 0.15) is 68.8 Å². The molecule has 0 aliphatic heterocycles. The average molecular weight is 271 g/mol. The molecular weight excluding hydrogens is 250 g/mol. The summed E-state index contributed by atoms with van der Waals surface area (Å²) >= 11 is 0. The van der Waals surface area contributed by atoms with Gasteiger partial charge in [-0.1, -0.05) is 12.8 Å². The minimum Gasteiger partial charge on any atom is -0.339 e. The van der Waals surface area contributed by atoms with Gasteiger partial charge in [-0.3, -0.25) is 9.98 Å². The van der Waals surface area contributed by atoms with Crippen LogP contribution in [0, 0.1) is 5.41 Å². The molecular formula is C15H21N5. The second-order valence-corrected chi connectivity index (χ2v) is 6.14. The molecule has 2 aliphatic carbocycles. The number of aryl methyl sites for hydroxylation is 1. The van der Waals surface area contributed by atoms with E-state index in [0.717, 1.165) is 29.2 Å². The molecule has 0 atom stereocenters. The van der Waals surface area contributed by atoms with Crippen molar-refractivity contribution in [3.8, 4) is 0 Å². The lowest BCUT2D eigenvalue weighted by atomic mass is 10.0. The third-order valence-corrected chi connectivity index (χ3v) is 4.72. The zero-order valence-corrected chi connectivity index (χ0v) is 11.9. The van der Waals surface area contributed by atoms with Crippen molar-refractivity contribution in [2.24, 2.45) is 0 Å². The highest BCUT2D eigenvalue weighted by Gasteiger charge is 2.29. The van der Waals surface area contributed by atoms with Gasteiger partial charge in [0.25, 0.3) is 0 Å². The Hall–Kier alpha value is -1.65. The van der Waals surface area contributed by atoms with Crippen molar-refractivity contribution in [1.29, 1.82) is 5.41 Å². The van der Waals surface area contributed by atoms with E-state index in [2.05, 4.69) is 16.9 Å². The number of H-pyrrole nitrogens is 1. The second-order valence-electron chi connectivity index (χ2n) is 6.14. The molecule has 5 heteroatoms. The Morgan fingerprint density at radius 1 is 1.15 bits per heavy atom. The van der Waals surface area contributed by atoms with E-state index in [0.29, 0.717) is 17.5 Å². The van der Waals surface area contributed by atoms with E-state index in [1.165, 1.54) is 38.5 Å². The molecule has 20 heavy (non-hydrogen) atoms. The highest BCUT2D eigenvalue weighted by atomic mass is 15.1. The quantitative estimate of drug-likeness (QED) is 0.901. The molecule has 106 valence electrons. The number of nitrogens with one attached hydrogen (secondary N) is 2. The van der Waals surface area contributed by atoms with Crippen molar-refractivity contribution in [2.75, 3.05) is 0 Å². The van der Waals surface area contributed by atoms with Gasteiger partial charge in [-0.15, -0.1) is 0 Å². The number of fused-ring (bicyclic) bond motifs is 1. The number of imidazole rings is 1. The van der Waals surface area contributed by atoms with E-state index in [4.69, 9.17) is 10.4 Å². The highest BCUT2D eigenvalue weighted by Crippen LogP contribution is 2.40. The van der Waals surface area contributed by atoms with Gasteiger partial charge in [-0.25, -0.2) is 9.97 Å². The standard InChI is InChI=1S/C15H21N5/c1-2-20-14-12(17-13(19-14)10-7-8-10)11(18-15(20)16)9-5-3-4-6-9/h9-10,16H,2-8H2,1H3,(H,17,19). The first-order chi connectivity index (χ1) is 9.78. The van der Waals surface area contributed by atoms with Gasteiger partial charge in [0.2, 0.25) is 5.62 Å². The molecule has 0 spiro atoms. The van der Waals surface area contributed by atoms with Gasteiger partial charge in [0.1, 0.15) is 11.3 Å². The Balaban J connectivity index is 1.95. The summed E-state index contributed by atoms with van der Waals surface area (Å²) in [6.07, 6.45) is 7.46. The van der Waals surface area contributed by atoms with Crippen LogP contribution in [0.5, 0.6) is 0 Å². The molecule has 2 heterocycles. The molecule has 2 N–H and O–H groups in total. The average Bonchev–Trinajstić information content (AvgIpc) is 2.99. The van der Waals surface area contributed by atoms with Gasteiger partial charge in [0.15, 0.2) is 5.65 Å². The van der Waals surface area contributed by atoms with Crippen molar-refractivity contribution in [1.82, 2.24) is 19.5 Å². The fourth-order valence-electron chi connectivity index (χ4n) is 3.43. The normalized spacial score (nSPS) is 20.1. The van der Waals surface area contributed by atoms with Crippen molar-refractivity contribution < 1.29 is 0 Å². The van der Waals surface area contributed by atoms with E-state index in [1.54, 1.807) is 0 Å². The Labute approximate surface area is 118 Å². The molecule has 0 saturated heterocycles. The highest BCUT2D eigenvalue weighted by molar-refractivity contribution is 5.74. The van der Waals surface area contributed by atoms with Gasteiger partial charge < -0.3 is 4.98 Å². The number of rotatable bonds is 3. The molecule has 5 nitrogen and oxygen atoms in total. The Bertz CT molecular complexity index is 701. The summed E-state index contributed by atoms with van der Waals surface area (Å²) in [4.78, 5) is 12.9. The van der Waals surface area contributed by atoms with Crippen LogP contribution < -0.4 is 5.62 Å². The summed E-state index contributed by atoms with van der Waals surface area (Å²) in [6, 6.07) is 0. The van der Waals surface area contributed by atoms with Crippen molar-refractivity contribution >= 4 is 11.2 Å². The number of hydrogen-bond acceptors (Lipinski definition) is 3. The van der Waals surface area contributed by atoms with Crippen LogP contribution in [0.15, 0.2) is 0 Å². The fourth-order valence-corrected chi connectivity index (χ4v) is 3.43. The lowest BCUT2D eigenvalue weighted by Crippen LogP contribution is -2.25. The molecule has 0 aromatic carbocycles. The number of hydrogen-bond donors (Lipinski definition) is 2. The summed E-state index contributed by atoms with van der Waals surface area (Å²) in [5, 5.41) is 8.19. The van der Waals surface area contributed by atoms with Crippen LogP contribution in [-0.2, 0) is 6.54 Å². The second kappa shape index (κ2) is 4.43. The minimum atomic E-state index is 0.357. The summed E-state index contributed by atoms with van der Waals surface area (Å²) in [6.45, 7) is 2.81. The van der Waals surface area contributed by atoms with E-state index in [1.807, 2.05) is 4.57 Å². The maximum absolute atomic E-state index is 8.19. The summed E-state index contributed by atoms with van der Waals surface area (Å²) < 4.78 is 1.91. The van der Waals surface area contributed by atoms with Crippen LogP contribution in [0.25, 0.3) is 11.2 Å². The van der Waals surface area contributed by atoms with E-state index < -0.39 is 0 Å². The Kier molecular flexibility index (Phi) is 2.69. The molecule has 2 fully saturated rings. The summed E-state index contributed by atoms with van der Waals surface area (Å²) in [5.41, 5.74) is 3.48. The van der Waals surface area contributed by atoms with Crippen LogP contribution >= 0.6 is 0 Å². The van der Waals surface area contributed by atoms with Crippen LogP contribution in [0.3, 0.4) is 0 Å². The van der Waals surface area contributed by atoms with Gasteiger partial charge in [-0.05, 0) is 32.6 Å². The molecule has 2 aromatic heterocycles. The topological polar surface area (TPSA) is 70.3 Å². The van der Waals surface area contributed by atoms with E-state index in [-0.39, 0.29) is 0 Å². The summed E-state index contributed by atoms with van der Waals surface area (Å²) in [5.74, 6) is 2.23. The molecule has 0 amide bonds. The van der Waals surface area contributed by atoms with Crippen LogP contribution in [0.2, 0.25) is 0 Å². The van der Waals surface area contributed by atoms with E-state index in [9.17, 15) is 0 Å². The molecule has 0 radical (unpaired) electrons. The van der Waals surface area contributed by atoms with Crippen molar-refractivity contribution in [3.63, 3.8) is 0 Å². The van der Waals surface area contributed by atoms with Gasteiger partial charge in [0.05, 0.1) is 5.69 Å². The molecule has 0 bridgehead atoms. The molecule has 2 aromatic rings. The molecule has 0 unspecified atom stereocenters. The van der Waals surface area contributed by atoms with E-state index >= 15 is 0 Å². The van der Waals surface area contributed by atoms with Gasteiger partial charge in [0, 0.05) is 18.4 Å². The maximum atomic E-state index is 8.19. The number of nitrogens with zero attached hydrogens (tertiary/aromatic N) is 3. The van der Waals surface area contributed by atoms with Gasteiger partial charge >= 0.3 is 0 Å². The van der Waals surface area contributed by atoms with Crippen LogP contribution in [0.4, 0.5) is 0 Å². The number of aromatic amines is 1. The molecule has 4 rings (SSSR count). The zero-order valence-electron chi connectivity index (χ0n) is 11.9. The largest absolute Gasteiger partial charge is 0.339 e. The maximum Gasteiger partial charge on any atom is 0.223 e. The SMILES string of the molecule is CCn1c(=N)nc(C2CCCC2)c2[nH]c(C3CC3)nc21. The van der Waals surface area contributed by atoms with Gasteiger partial charge in [-0.2, -0.15) is 0 Å². The predicted molar refractivity (Wildman–Crippen MR) is 76.6 cm³/mol. The summed E-state index contributed by atoms with van der Waals surface area (Å²) in [7, 11) is 0. The zero-order chi connectivity index (χ0) is 13.7. The predicted octanol–water partition coefficient (Wildman–Crippen LogP) is 2.79.